The fraction of sp³-hybridized carbons (Fsp3) is 0.524. The van der Waals surface area contributed by atoms with E-state index in [2.05, 4.69) is 10.00 Å². The van der Waals surface area contributed by atoms with Gasteiger partial charge in [0.15, 0.2) is 0 Å². The van der Waals surface area contributed by atoms with Crippen LogP contribution >= 0.6 is 0 Å². The summed E-state index contributed by atoms with van der Waals surface area (Å²) in [4.78, 5) is 42.3. The molecule has 1 aliphatic heterocycles. The molecule has 0 bridgehead atoms. The van der Waals surface area contributed by atoms with Gasteiger partial charge in [0.25, 0.3) is 11.5 Å². The van der Waals surface area contributed by atoms with Crippen LogP contribution in [0.1, 0.15) is 42.6 Å². The molecule has 1 aliphatic carbocycles. The molecule has 2 aromatic rings. The number of carbonyl (C=O) groups excluding carboxylic acids is 1. The molecule has 2 heterocycles. The van der Waals surface area contributed by atoms with Crippen LogP contribution in [0.5, 0.6) is 0 Å². The lowest BCUT2D eigenvalue weighted by molar-refractivity contribution is 0.0514. The Bertz CT molecular complexity index is 984. The van der Waals surface area contributed by atoms with Crippen molar-refractivity contribution in [2.75, 3.05) is 26.2 Å². The van der Waals surface area contributed by atoms with Gasteiger partial charge >= 0.3 is 5.69 Å². The van der Waals surface area contributed by atoms with Crippen LogP contribution in [0, 0.1) is 0 Å². The van der Waals surface area contributed by atoms with Gasteiger partial charge in [0.1, 0.15) is 0 Å². The maximum Gasteiger partial charge on any atom is 0.351 e. The lowest BCUT2D eigenvalue weighted by Gasteiger charge is -2.40. The summed E-state index contributed by atoms with van der Waals surface area (Å²) >= 11 is 0. The van der Waals surface area contributed by atoms with Gasteiger partial charge in [0, 0.05) is 39.3 Å². The zero-order valence-corrected chi connectivity index (χ0v) is 16.8. The summed E-state index contributed by atoms with van der Waals surface area (Å²) in [6, 6.07) is 9.44. The van der Waals surface area contributed by atoms with Crippen molar-refractivity contribution in [3.8, 4) is 5.69 Å². The maximum absolute atomic E-state index is 13.1. The first kappa shape index (κ1) is 19.6. The molecule has 1 saturated carbocycles. The van der Waals surface area contributed by atoms with Gasteiger partial charge in [0.05, 0.1) is 5.69 Å². The average molecular weight is 397 g/mol. The number of hydrogen-bond acceptors (Lipinski definition) is 5. The zero-order chi connectivity index (χ0) is 20.4. The summed E-state index contributed by atoms with van der Waals surface area (Å²) in [6.07, 6.45) is 6.35. The zero-order valence-electron chi connectivity index (χ0n) is 16.8. The summed E-state index contributed by atoms with van der Waals surface area (Å²) in [6.45, 7) is 2.78. The van der Waals surface area contributed by atoms with Gasteiger partial charge in [-0.05, 0) is 25.0 Å². The molecule has 154 valence electrons. The summed E-state index contributed by atoms with van der Waals surface area (Å²) in [5.41, 5.74) is -0.909. The highest BCUT2D eigenvalue weighted by Crippen LogP contribution is 2.23. The summed E-state index contributed by atoms with van der Waals surface area (Å²) in [7, 11) is 1.38. The molecule has 0 N–H and O–H groups in total. The molecule has 29 heavy (non-hydrogen) atoms. The molecule has 8 heteroatoms. The van der Waals surface area contributed by atoms with Gasteiger partial charge in [-0.15, -0.1) is 0 Å². The molecule has 8 nitrogen and oxygen atoms in total. The van der Waals surface area contributed by atoms with Crippen molar-refractivity contribution in [2.45, 2.75) is 38.1 Å². The number of carbonyl (C=O) groups is 1. The second-order valence-electron chi connectivity index (χ2n) is 7.86. The number of hydrogen-bond donors (Lipinski definition) is 0. The fourth-order valence-corrected chi connectivity index (χ4v) is 4.33. The third-order valence-electron chi connectivity index (χ3n) is 6.07. The number of amides is 1. The molecule has 0 spiro atoms. The van der Waals surface area contributed by atoms with Crippen LogP contribution in [0.2, 0.25) is 0 Å². The molecule has 1 aromatic heterocycles. The number of nitrogens with zero attached hydrogens (tertiary/aromatic N) is 5. The van der Waals surface area contributed by atoms with Crippen LogP contribution in [-0.2, 0) is 7.05 Å². The van der Waals surface area contributed by atoms with E-state index >= 15 is 0 Å². The Morgan fingerprint density at radius 2 is 1.62 bits per heavy atom. The van der Waals surface area contributed by atoms with Gasteiger partial charge < -0.3 is 4.90 Å². The predicted octanol–water partition coefficient (Wildman–Crippen LogP) is 1.02. The number of para-hydroxylation sites is 1. The molecular formula is C21H27N5O3. The first-order chi connectivity index (χ1) is 14.1. The minimum Gasteiger partial charge on any atom is -0.335 e. The summed E-state index contributed by atoms with van der Waals surface area (Å²) in [5.74, 6) is -0.404. The third kappa shape index (κ3) is 3.89. The molecule has 1 amide bonds. The minimum atomic E-state index is -0.651. The van der Waals surface area contributed by atoms with Crippen molar-refractivity contribution < 1.29 is 4.79 Å². The van der Waals surface area contributed by atoms with Crippen molar-refractivity contribution in [3.05, 3.63) is 56.9 Å². The second-order valence-corrected chi connectivity index (χ2v) is 7.86. The number of aromatic nitrogens is 3. The first-order valence-corrected chi connectivity index (χ1v) is 10.4. The molecule has 0 radical (unpaired) electrons. The van der Waals surface area contributed by atoms with Crippen LogP contribution < -0.4 is 11.2 Å². The standard InChI is InChI=1S/C21H27N5O3/c1-23-19(27)18(22-26(21(23)29)17-10-6-3-7-11-17)20(28)25-14-12-24(13-15-25)16-8-4-2-5-9-16/h3,6-7,10-11,16H,2,4-5,8-9,12-15H2,1H3. The van der Waals surface area contributed by atoms with Crippen LogP contribution in [0.3, 0.4) is 0 Å². The predicted molar refractivity (Wildman–Crippen MR) is 109 cm³/mol. The van der Waals surface area contributed by atoms with E-state index in [4.69, 9.17) is 0 Å². The van der Waals surface area contributed by atoms with Gasteiger partial charge in [-0.1, -0.05) is 37.5 Å². The van der Waals surface area contributed by atoms with Crippen LogP contribution in [0.25, 0.3) is 5.69 Å². The summed E-state index contributed by atoms with van der Waals surface area (Å²) < 4.78 is 2.07. The van der Waals surface area contributed by atoms with Crippen molar-refractivity contribution in [2.24, 2.45) is 7.05 Å². The highest BCUT2D eigenvalue weighted by atomic mass is 16.2. The Morgan fingerprint density at radius 1 is 0.966 bits per heavy atom. The Hall–Kier alpha value is -2.74. The minimum absolute atomic E-state index is 0.206. The molecule has 0 unspecified atom stereocenters. The monoisotopic (exact) mass is 397 g/mol. The topological polar surface area (TPSA) is 80.4 Å². The van der Waals surface area contributed by atoms with Gasteiger partial charge in [-0.3, -0.25) is 19.1 Å². The smallest absolute Gasteiger partial charge is 0.335 e. The Labute approximate surface area is 169 Å². The number of benzene rings is 1. The van der Waals surface area contributed by atoms with E-state index < -0.39 is 17.2 Å². The van der Waals surface area contributed by atoms with Crippen LogP contribution in [0.15, 0.2) is 39.9 Å². The third-order valence-corrected chi connectivity index (χ3v) is 6.07. The molecular weight excluding hydrogens is 370 g/mol. The summed E-state index contributed by atoms with van der Waals surface area (Å²) in [5, 5.41) is 4.15. The van der Waals surface area contributed by atoms with Gasteiger partial charge in [-0.25, -0.2) is 4.79 Å². The quantitative estimate of drug-likeness (QED) is 0.773. The first-order valence-electron chi connectivity index (χ1n) is 10.4. The lowest BCUT2D eigenvalue weighted by Crippen LogP contribution is -2.54. The van der Waals surface area contributed by atoms with E-state index in [1.807, 2.05) is 6.07 Å². The largest absolute Gasteiger partial charge is 0.351 e. The van der Waals surface area contributed by atoms with Crippen molar-refractivity contribution >= 4 is 5.91 Å². The van der Waals surface area contributed by atoms with Crippen molar-refractivity contribution in [1.82, 2.24) is 24.1 Å². The average Bonchev–Trinajstić information content (AvgIpc) is 2.78. The van der Waals surface area contributed by atoms with E-state index in [0.717, 1.165) is 22.3 Å². The maximum atomic E-state index is 13.1. The molecule has 0 atom stereocenters. The van der Waals surface area contributed by atoms with Gasteiger partial charge in [-0.2, -0.15) is 9.78 Å². The highest BCUT2D eigenvalue weighted by Gasteiger charge is 2.30. The van der Waals surface area contributed by atoms with E-state index in [1.165, 1.54) is 39.2 Å². The van der Waals surface area contributed by atoms with Gasteiger partial charge in [0.2, 0.25) is 5.69 Å². The molecule has 2 aliphatic rings. The number of rotatable bonds is 3. The Morgan fingerprint density at radius 3 is 2.28 bits per heavy atom. The van der Waals surface area contributed by atoms with Crippen LogP contribution in [0.4, 0.5) is 0 Å². The van der Waals surface area contributed by atoms with E-state index in [-0.39, 0.29) is 5.69 Å². The fourth-order valence-electron chi connectivity index (χ4n) is 4.33. The highest BCUT2D eigenvalue weighted by molar-refractivity contribution is 5.91. The lowest BCUT2D eigenvalue weighted by atomic mass is 9.94. The van der Waals surface area contributed by atoms with E-state index in [9.17, 15) is 14.4 Å². The molecule has 1 saturated heterocycles. The Kier molecular flexibility index (Phi) is 5.62. The molecule has 1 aromatic carbocycles. The molecule has 2 fully saturated rings. The SMILES string of the molecule is Cn1c(=O)c(C(=O)N2CCN(C3CCCCC3)CC2)nn(-c2ccccc2)c1=O. The Balaban J connectivity index is 1.55. The normalized spacial score (nSPS) is 18.7. The second kappa shape index (κ2) is 8.32. The molecule has 4 rings (SSSR count). The van der Waals surface area contributed by atoms with Crippen molar-refractivity contribution in [3.63, 3.8) is 0 Å². The van der Waals surface area contributed by atoms with Crippen molar-refractivity contribution in [1.29, 1.82) is 0 Å². The van der Waals surface area contributed by atoms with Crippen LogP contribution in [-0.4, -0.2) is 62.3 Å². The van der Waals surface area contributed by atoms with E-state index in [1.54, 1.807) is 29.2 Å². The number of piperazine rings is 1. The van der Waals surface area contributed by atoms with E-state index in [0.29, 0.717) is 24.8 Å².